The second-order valence-electron chi connectivity index (χ2n) is 4.49. The Hall–Kier alpha value is -0.550. The fourth-order valence-corrected chi connectivity index (χ4v) is 3.14. The predicted octanol–water partition coefficient (Wildman–Crippen LogP) is 2.88. The van der Waals surface area contributed by atoms with E-state index in [0.29, 0.717) is 6.04 Å². The molecule has 0 radical (unpaired) electrons. The van der Waals surface area contributed by atoms with E-state index < -0.39 is 9.05 Å². The van der Waals surface area contributed by atoms with E-state index in [-0.39, 0.29) is 5.03 Å². The third-order valence-corrected chi connectivity index (χ3v) is 4.49. The van der Waals surface area contributed by atoms with E-state index in [0.717, 1.165) is 25.1 Å². The highest BCUT2D eigenvalue weighted by Gasteiger charge is 2.22. The van der Waals surface area contributed by atoms with Gasteiger partial charge in [0.1, 0.15) is 5.82 Å². The van der Waals surface area contributed by atoms with Gasteiger partial charge in [-0.1, -0.05) is 26.2 Å². The van der Waals surface area contributed by atoms with Crippen LogP contribution in [0.15, 0.2) is 11.2 Å². The van der Waals surface area contributed by atoms with Crippen molar-refractivity contribution in [2.24, 2.45) is 0 Å². The first-order valence-corrected chi connectivity index (χ1v) is 8.35. The van der Waals surface area contributed by atoms with Crippen LogP contribution in [0.2, 0.25) is 0 Å². The third-order valence-electron chi connectivity index (χ3n) is 3.32. The summed E-state index contributed by atoms with van der Waals surface area (Å²) in [4.78, 5) is 4.12. The topological polar surface area (TPSA) is 52.0 Å². The van der Waals surface area contributed by atoms with Crippen LogP contribution >= 0.6 is 10.7 Å². The molecular weight excluding hydrogens is 260 g/mol. The van der Waals surface area contributed by atoms with Gasteiger partial charge in [0.2, 0.25) is 0 Å². The predicted molar refractivity (Wildman–Crippen MR) is 66.8 cm³/mol. The van der Waals surface area contributed by atoms with Gasteiger partial charge in [-0.15, -0.1) is 0 Å². The Balaban J connectivity index is 2.35. The SMILES string of the molecule is CCc1nc(S(=O)(=O)Cl)cn1C1CCCCC1. The minimum atomic E-state index is -3.71. The van der Waals surface area contributed by atoms with E-state index in [1.807, 2.05) is 11.5 Å². The van der Waals surface area contributed by atoms with Crippen LogP contribution in [-0.2, 0) is 15.5 Å². The molecule has 4 nitrogen and oxygen atoms in total. The Morgan fingerprint density at radius 2 is 2.06 bits per heavy atom. The van der Waals surface area contributed by atoms with E-state index in [9.17, 15) is 8.42 Å². The Labute approximate surface area is 106 Å². The van der Waals surface area contributed by atoms with Crippen molar-refractivity contribution in [1.82, 2.24) is 9.55 Å². The second-order valence-corrected chi connectivity index (χ2v) is 7.00. The summed E-state index contributed by atoms with van der Waals surface area (Å²) in [5.74, 6) is 0.816. The highest BCUT2D eigenvalue weighted by molar-refractivity contribution is 8.13. The largest absolute Gasteiger partial charge is 0.330 e. The van der Waals surface area contributed by atoms with Crippen LogP contribution in [0.3, 0.4) is 0 Å². The zero-order valence-corrected chi connectivity index (χ0v) is 11.5. The van der Waals surface area contributed by atoms with Crippen LogP contribution in [0, 0.1) is 0 Å². The molecule has 0 spiro atoms. The molecule has 0 saturated heterocycles. The molecule has 1 fully saturated rings. The maximum Gasteiger partial charge on any atom is 0.280 e. The van der Waals surface area contributed by atoms with Crippen molar-refractivity contribution >= 4 is 19.7 Å². The standard InChI is InChI=1S/C11H17ClN2O2S/c1-2-10-13-11(17(12,15)16)8-14(10)9-6-4-3-5-7-9/h8-9H,2-7H2,1H3. The van der Waals surface area contributed by atoms with Crippen molar-refractivity contribution in [3.63, 3.8) is 0 Å². The summed E-state index contributed by atoms with van der Waals surface area (Å²) in [7, 11) is 1.62. The van der Waals surface area contributed by atoms with Crippen LogP contribution < -0.4 is 0 Å². The molecule has 0 amide bonds. The van der Waals surface area contributed by atoms with E-state index in [1.165, 1.54) is 19.3 Å². The molecule has 96 valence electrons. The number of halogens is 1. The lowest BCUT2D eigenvalue weighted by Crippen LogP contribution is -2.14. The van der Waals surface area contributed by atoms with Crippen LogP contribution in [-0.4, -0.2) is 18.0 Å². The molecule has 0 bridgehead atoms. The van der Waals surface area contributed by atoms with Crippen LogP contribution in [0.5, 0.6) is 0 Å². The molecular formula is C11H17ClN2O2S. The molecule has 2 rings (SSSR count). The molecule has 1 heterocycles. The summed E-state index contributed by atoms with van der Waals surface area (Å²) in [6, 6.07) is 0.387. The van der Waals surface area contributed by atoms with Crippen molar-refractivity contribution in [1.29, 1.82) is 0 Å². The first-order valence-electron chi connectivity index (χ1n) is 6.04. The number of imidazole rings is 1. The van der Waals surface area contributed by atoms with E-state index >= 15 is 0 Å². The number of hydrogen-bond acceptors (Lipinski definition) is 3. The molecule has 0 N–H and O–H groups in total. The van der Waals surface area contributed by atoms with Crippen LogP contribution in [0.4, 0.5) is 0 Å². The van der Waals surface area contributed by atoms with Gasteiger partial charge >= 0.3 is 0 Å². The van der Waals surface area contributed by atoms with Crippen molar-refractivity contribution in [3.05, 3.63) is 12.0 Å². The number of rotatable bonds is 3. The lowest BCUT2D eigenvalue weighted by atomic mass is 9.95. The van der Waals surface area contributed by atoms with Crippen LogP contribution in [0.1, 0.15) is 50.9 Å². The molecule has 1 saturated carbocycles. The van der Waals surface area contributed by atoms with Gasteiger partial charge in [0, 0.05) is 29.3 Å². The smallest absolute Gasteiger partial charge is 0.280 e. The van der Waals surface area contributed by atoms with Gasteiger partial charge in [0.15, 0.2) is 5.03 Å². The Kier molecular flexibility index (Phi) is 3.78. The fourth-order valence-electron chi connectivity index (χ4n) is 2.46. The second kappa shape index (κ2) is 4.98. The molecule has 1 aromatic rings. The quantitative estimate of drug-likeness (QED) is 0.798. The monoisotopic (exact) mass is 276 g/mol. The molecule has 1 aliphatic carbocycles. The molecule has 0 aliphatic heterocycles. The maximum absolute atomic E-state index is 11.3. The summed E-state index contributed by atoms with van der Waals surface area (Å²) in [5.41, 5.74) is 0. The zero-order chi connectivity index (χ0) is 12.5. The average Bonchev–Trinajstić information content (AvgIpc) is 2.73. The molecule has 0 aromatic carbocycles. The molecule has 0 atom stereocenters. The fraction of sp³-hybridized carbons (Fsp3) is 0.727. The third kappa shape index (κ3) is 2.83. The number of hydrogen-bond donors (Lipinski definition) is 0. The summed E-state index contributed by atoms with van der Waals surface area (Å²) < 4.78 is 24.6. The maximum atomic E-state index is 11.3. The van der Waals surface area contributed by atoms with Gasteiger partial charge in [-0.2, -0.15) is 0 Å². The number of aryl methyl sites for hydroxylation is 1. The summed E-state index contributed by atoms with van der Waals surface area (Å²) in [6.07, 6.45) is 8.20. The molecule has 1 aromatic heterocycles. The molecule has 17 heavy (non-hydrogen) atoms. The highest BCUT2D eigenvalue weighted by atomic mass is 35.7. The van der Waals surface area contributed by atoms with Gasteiger partial charge in [0.25, 0.3) is 9.05 Å². The van der Waals surface area contributed by atoms with Crippen LogP contribution in [0.25, 0.3) is 0 Å². The first kappa shape index (κ1) is 12.9. The summed E-state index contributed by atoms with van der Waals surface area (Å²) in [5, 5.41) is -0.0124. The normalized spacial score (nSPS) is 18.5. The zero-order valence-electron chi connectivity index (χ0n) is 9.89. The van der Waals surface area contributed by atoms with Gasteiger partial charge in [0.05, 0.1) is 0 Å². The minimum absolute atomic E-state index is 0.0124. The van der Waals surface area contributed by atoms with Gasteiger partial charge in [-0.25, -0.2) is 13.4 Å². The number of aromatic nitrogens is 2. The highest BCUT2D eigenvalue weighted by Crippen LogP contribution is 2.30. The summed E-state index contributed by atoms with van der Waals surface area (Å²) in [6.45, 7) is 1.98. The van der Waals surface area contributed by atoms with Gasteiger partial charge < -0.3 is 4.57 Å². The Bertz CT molecular complexity index is 490. The molecule has 6 heteroatoms. The van der Waals surface area contributed by atoms with Gasteiger partial charge in [-0.3, -0.25) is 0 Å². The van der Waals surface area contributed by atoms with E-state index in [4.69, 9.17) is 10.7 Å². The first-order chi connectivity index (χ1) is 8.02. The summed E-state index contributed by atoms with van der Waals surface area (Å²) >= 11 is 0. The van der Waals surface area contributed by atoms with Crippen molar-refractivity contribution in [2.75, 3.05) is 0 Å². The van der Waals surface area contributed by atoms with Crippen molar-refractivity contribution in [2.45, 2.75) is 56.5 Å². The van der Waals surface area contributed by atoms with Crippen molar-refractivity contribution < 1.29 is 8.42 Å². The molecule has 1 aliphatic rings. The average molecular weight is 277 g/mol. The lowest BCUT2D eigenvalue weighted by Gasteiger charge is -2.24. The molecule has 0 unspecified atom stereocenters. The number of nitrogens with zero attached hydrogens (tertiary/aromatic N) is 2. The van der Waals surface area contributed by atoms with E-state index in [2.05, 4.69) is 4.98 Å². The van der Waals surface area contributed by atoms with E-state index in [1.54, 1.807) is 6.20 Å². The Morgan fingerprint density at radius 1 is 1.41 bits per heavy atom. The minimum Gasteiger partial charge on any atom is -0.330 e. The Morgan fingerprint density at radius 3 is 2.59 bits per heavy atom. The van der Waals surface area contributed by atoms with Crippen molar-refractivity contribution in [3.8, 4) is 0 Å². The van der Waals surface area contributed by atoms with Gasteiger partial charge in [-0.05, 0) is 12.8 Å². The lowest BCUT2D eigenvalue weighted by molar-refractivity contribution is 0.346.